The van der Waals surface area contributed by atoms with E-state index in [2.05, 4.69) is 20.3 Å². The van der Waals surface area contributed by atoms with Crippen LogP contribution < -0.4 is 4.74 Å². The number of aromatic nitrogens is 4. The number of benzene rings is 1. The Morgan fingerprint density at radius 3 is 2.36 bits per heavy atom. The van der Waals surface area contributed by atoms with Crippen molar-refractivity contribution in [2.45, 2.75) is 0 Å². The van der Waals surface area contributed by atoms with Crippen LogP contribution in [0, 0.1) is 0 Å². The summed E-state index contributed by atoms with van der Waals surface area (Å²) in [4.78, 5) is 4.25. The molecule has 0 aliphatic heterocycles. The minimum atomic E-state index is 0. The summed E-state index contributed by atoms with van der Waals surface area (Å²) >= 11 is 0. The second kappa shape index (κ2) is 8.96. The normalized spacial score (nSPS) is 9.50. The summed E-state index contributed by atoms with van der Waals surface area (Å²) in [5.74, 6) is 1.57. The molecule has 2 radical (unpaired) electrons. The third-order valence-corrected chi connectivity index (χ3v) is 2.66. The fourth-order valence-electron chi connectivity index (χ4n) is 1.63. The molecule has 0 aliphatic rings. The predicted octanol–water partition coefficient (Wildman–Crippen LogP) is 2.50. The Bertz CT molecular complexity index is 718. The second-order valence-electron chi connectivity index (χ2n) is 3.96. The van der Waals surface area contributed by atoms with Gasteiger partial charge in [-0.2, -0.15) is 4.98 Å². The number of nitrogens with one attached hydrogen (secondary N) is 1. The summed E-state index contributed by atoms with van der Waals surface area (Å²) < 4.78 is 10.2. The smallest absolute Gasteiger partial charge is 0.276 e. The molecule has 0 saturated carbocycles. The summed E-state index contributed by atoms with van der Waals surface area (Å²) in [7, 11) is 1.61. The third kappa shape index (κ3) is 4.51. The third-order valence-electron chi connectivity index (χ3n) is 2.66. The molecule has 9 heteroatoms. The maximum atomic E-state index is 7.28. The van der Waals surface area contributed by atoms with Crippen LogP contribution in [0.3, 0.4) is 0 Å². The molecule has 0 bridgehead atoms. The van der Waals surface area contributed by atoms with Crippen LogP contribution in [-0.2, 0) is 20.4 Å². The summed E-state index contributed by atoms with van der Waals surface area (Å²) in [5.41, 5.74) is 8.53. The van der Waals surface area contributed by atoms with E-state index in [0.717, 1.165) is 11.3 Å². The van der Waals surface area contributed by atoms with E-state index in [1.165, 1.54) is 6.07 Å². The first-order valence-corrected chi connectivity index (χ1v) is 5.80. The molecule has 3 aromatic rings. The minimum Gasteiger partial charge on any atom is -0.497 e. The van der Waals surface area contributed by atoms with Crippen molar-refractivity contribution < 1.29 is 29.7 Å². The van der Waals surface area contributed by atoms with Crippen LogP contribution >= 0.6 is 0 Å². The quantitative estimate of drug-likeness (QED) is 0.507. The Hall–Kier alpha value is -0.492. The molecule has 108 valence electrons. The summed E-state index contributed by atoms with van der Waals surface area (Å²) in [6, 6.07) is 10.4. The van der Waals surface area contributed by atoms with Gasteiger partial charge in [-0.05, 0) is 36.1 Å². The van der Waals surface area contributed by atoms with Crippen molar-refractivity contribution in [1.29, 1.82) is 0 Å². The molecule has 2 heterocycles. The van der Waals surface area contributed by atoms with Gasteiger partial charge in [-0.15, -0.1) is 0 Å². The number of nitrogens with zero attached hydrogens (tertiary/aromatic N) is 4. The Morgan fingerprint density at radius 2 is 1.77 bits per heavy atom. The maximum absolute atomic E-state index is 7.28. The van der Waals surface area contributed by atoms with Gasteiger partial charge in [0.1, 0.15) is 11.4 Å². The largest absolute Gasteiger partial charge is 0.497 e. The molecule has 0 aliphatic carbocycles. The molecule has 1 N–H and O–H groups in total. The fourth-order valence-corrected chi connectivity index (χ4v) is 1.63. The number of hydrogen-bond donors (Lipinski definition) is 0. The van der Waals surface area contributed by atoms with E-state index in [-0.39, 0.29) is 90.3 Å². The van der Waals surface area contributed by atoms with E-state index in [4.69, 9.17) is 15.0 Å². The van der Waals surface area contributed by atoms with Crippen molar-refractivity contribution in [3.05, 3.63) is 42.1 Å². The molecule has 0 unspecified atom stereocenters. The Morgan fingerprint density at radius 1 is 1.05 bits per heavy atom. The number of ether oxygens (including phenoxy) is 1. The van der Waals surface area contributed by atoms with E-state index in [9.17, 15) is 0 Å². The molecule has 0 spiro atoms. The van der Waals surface area contributed by atoms with Gasteiger partial charge in [-0.3, -0.25) is 5.10 Å². The minimum absolute atomic E-state index is 0. The maximum Gasteiger partial charge on any atom is 0.276 e. The summed E-state index contributed by atoms with van der Waals surface area (Å²) in [6.45, 7) is 0. The molecule has 2 aromatic heterocycles. The average molecular weight is 540 g/mol. The van der Waals surface area contributed by atoms with Crippen molar-refractivity contribution in [2.24, 2.45) is 0 Å². The SMILES string of the molecule is COc1ccc(-c2noc(-c3ccc([NH-])nn3)n2)cc1.[Rb].[Re]. The van der Waals surface area contributed by atoms with Gasteiger partial charge in [0, 0.05) is 84.2 Å². The van der Waals surface area contributed by atoms with Crippen LogP contribution in [-0.4, -0.2) is 85.6 Å². The zero-order chi connectivity index (χ0) is 13.9. The van der Waals surface area contributed by atoms with Gasteiger partial charge in [-0.1, -0.05) is 11.2 Å². The van der Waals surface area contributed by atoms with Crippen LogP contribution in [0.1, 0.15) is 0 Å². The van der Waals surface area contributed by atoms with Gasteiger partial charge in [0.2, 0.25) is 5.82 Å². The number of rotatable bonds is 3. The first-order valence-electron chi connectivity index (χ1n) is 5.80. The fraction of sp³-hybridized carbons (Fsp3) is 0.0769. The van der Waals surface area contributed by atoms with Crippen LogP contribution in [0.15, 0.2) is 40.9 Å². The van der Waals surface area contributed by atoms with E-state index in [1.54, 1.807) is 13.2 Å². The van der Waals surface area contributed by atoms with Crippen LogP contribution in [0.25, 0.3) is 28.7 Å². The van der Waals surface area contributed by atoms with Crippen molar-refractivity contribution in [1.82, 2.24) is 20.3 Å². The van der Waals surface area contributed by atoms with Gasteiger partial charge in [0.25, 0.3) is 5.89 Å². The van der Waals surface area contributed by atoms with Crippen molar-refractivity contribution in [2.75, 3.05) is 7.11 Å². The van der Waals surface area contributed by atoms with Crippen molar-refractivity contribution in [3.63, 3.8) is 0 Å². The second-order valence-corrected chi connectivity index (χ2v) is 3.96. The molecular weight excluding hydrogens is 530 g/mol. The standard InChI is InChI=1S/C13H10N5O2.Rb.Re/c1-19-9-4-2-8(3-5-9)12-15-13(20-18-12)10-6-7-11(14)17-16-10;;/h2-7H,1H3,(H-,14,17);;/q-1;;. The van der Waals surface area contributed by atoms with Gasteiger partial charge >= 0.3 is 0 Å². The van der Waals surface area contributed by atoms with E-state index in [0.29, 0.717) is 11.5 Å². The molecule has 0 fully saturated rings. The number of methoxy groups -OCH3 is 1. The Balaban J connectivity index is 0.00000121. The zero-order valence-corrected chi connectivity index (χ0v) is 19.6. The van der Waals surface area contributed by atoms with Gasteiger partial charge < -0.3 is 20.1 Å². The van der Waals surface area contributed by atoms with Crippen molar-refractivity contribution >= 4 is 64.0 Å². The van der Waals surface area contributed by atoms with Crippen molar-refractivity contribution in [3.8, 4) is 28.7 Å². The van der Waals surface area contributed by atoms with E-state index < -0.39 is 0 Å². The number of hydrogen-bond acceptors (Lipinski definition) is 6. The predicted molar refractivity (Wildman–Crippen MR) is 77.0 cm³/mol. The van der Waals surface area contributed by atoms with E-state index >= 15 is 0 Å². The molecule has 0 saturated heterocycles. The van der Waals surface area contributed by atoms with Crippen LogP contribution in [0.5, 0.6) is 5.75 Å². The van der Waals surface area contributed by atoms with Crippen LogP contribution in [0.4, 0.5) is 5.82 Å². The Labute approximate surface area is 189 Å². The molecule has 3 rings (SSSR count). The van der Waals surface area contributed by atoms with Gasteiger partial charge in [0.15, 0.2) is 0 Å². The van der Waals surface area contributed by atoms with Gasteiger partial charge in [0.05, 0.1) is 7.11 Å². The molecule has 0 atom stereocenters. The average Bonchev–Trinajstić information content (AvgIpc) is 2.98. The first kappa shape index (κ1) is 19.6. The summed E-state index contributed by atoms with van der Waals surface area (Å²) in [5, 5.41) is 11.4. The topological polar surface area (TPSA) is 97.7 Å². The molecule has 22 heavy (non-hydrogen) atoms. The van der Waals surface area contributed by atoms with Gasteiger partial charge in [-0.25, -0.2) is 0 Å². The Kier molecular flexibility index (Phi) is 7.97. The zero-order valence-electron chi connectivity index (χ0n) is 11.9. The summed E-state index contributed by atoms with van der Waals surface area (Å²) in [6.07, 6.45) is 0. The van der Waals surface area contributed by atoms with E-state index in [1.807, 2.05) is 24.3 Å². The first-order chi connectivity index (χ1) is 9.76. The monoisotopic (exact) mass is 540 g/mol. The molecule has 0 amide bonds. The molecule has 1 aromatic carbocycles. The molecule has 7 nitrogen and oxygen atoms in total. The molecular formula is C13H10N5O2RbRe-. The van der Waals surface area contributed by atoms with Crippen LogP contribution in [0.2, 0.25) is 0 Å².